The molecule has 33 heavy (non-hydrogen) atoms. The number of rotatable bonds is 6. The fraction of sp³-hybridized carbons (Fsp3) is 0.304. The standard InChI is InChI=1S/C23H23FN4O4S/c1-5-31-18-10-7-14(11-19(18)30-4)22-28(13(3)29)17-9-8-15(24)12-16(17)20-21(32-22)25-23(27-26-20)33-6-2/h7-12,22H,5-6H2,1-4H3. The third-order valence-corrected chi connectivity index (χ3v) is 5.67. The van der Waals surface area contributed by atoms with Crippen LogP contribution in [0.4, 0.5) is 10.1 Å². The molecule has 0 fully saturated rings. The monoisotopic (exact) mass is 470 g/mol. The second kappa shape index (κ2) is 9.62. The van der Waals surface area contributed by atoms with Gasteiger partial charge in [0.25, 0.3) is 0 Å². The van der Waals surface area contributed by atoms with Crippen molar-refractivity contribution in [3.63, 3.8) is 0 Å². The van der Waals surface area contributed by atoms with Crippen LogP contribution in [0.3, 0.4) is 0 Å². The highest BCUT2D eigenvalue weighted by molar-refractivity contribution is 7.99. The summed E-state index contributed by atoms with van der Waals surface area (Å²) >= 11 is 1.40. The van der Waals surface area contributed by atoms with E-state index >= 15 is 0 Å². The molecular weight excluding hydrogens is 447 g/mol. The number of halogens is 1. The highest BCUT2D eigenvalue weighted by Gasteiger charge is 2.35. The summed E-state index contributed by atoms with van der Waals surface area (Å²) in [5, 5.41) is 8.83. The summed E-state index contributed by atoms with van der Waals surface area (Å²) in [7, 11) is 1.54. The lowest BCUT2D eigenvalue weighted by Crippen LogP contribution is -2.36. The summed E-state index contributed by atoms with van der Waals surface area (Å²) in [5.74, 6) is 1.19. The van der Waals surface area contributed by atoms with Gasteiger partial charge in [-0.15, -0.1) is 10.2 Å². The normalized spacial score (nSPS) is 14.6. The number of benzene rings is 2. The Labute approximate surface area is 195 Å². The molecule has 172 valence electrons. The number of carbonyl (C=O) groups excluding carboxylic acids is 1. The third-order valence-electron chi connectivity index (χ3n) is 4.95. The Morgan fingerprint density at radius 3 is 2.70 bits per heavy atom. The molecule has 1 atom stereocenters. The molecule has 0 N–H and O–H groups in total. The Hall–Kier alpha value is -3.40. The first-order valence-corrected chi connectivity index (χ1v) is 11.4. The van der Waals surface area contributed by atoms with Crippen molar-refractivity contribution in [3.8, 4) is 28.6 Å². The minimum Gasteiger partial charge on any atom is -0.493 e. The smallest absolute Gasteiger partial charge is 0.247 e. The van der Waals surface area contributed by atoms with Crippen molar-refractivity contribution in [2.75, 3.05) is 24.4 Å². The van der Waals surface area contributed by atoms with E-state index in [2.05, 4.69) is 15.2 Å². The molecule has 4 rings (SSSR count). The number of ether oxygens (including phenoxy) is 3. The van der Waals surface area contributed by atoms with Gasteiger partial charge in [0.15, 0.2) is 17.2 Å². The van der Waals surface area contributed by atoms with Crippen LogP contribution in [0.1, 0.15) is 32.6 Å². The van der Waals surface area contributed by atoms with E-state index < -0.39 is 12.0 Å². The predicted octanol–water partition coefficient (Wildman–Crippen LogP) is 4.64. The number of carbonyl (C=O) groups is 1. The van der Waals surface area contributed by atoms with Gasteiger partial charge in [-0.25, -0.2) is 4.39 Å². The number of thioether (sulfide) groups is 1. The Bertz CT molecular complexity index is 1190. The zero-order valence-corrected chi connectivity index (χ0v) is 19.5. The van der Waals surface area contributed by atoms with Crippen molar-refractivity contribution in [3.05, 3.63) is 47.8 Å². The van der Waals surface area contributed by atoms with Crippen molar-refractivity contribution in [1.82, 2.24) is 15.2 Å². The number of amides is 1. The van der Waals surface area contributed by atoms with Crippen LogP contribution >= 0.6 is 11.8 Å². The number of anilines is 1. The van der Waals surface area contributed by atoms with Crippen LogP contribution in [-0.4, -0.2) is 40.6 Å². The molecular formula is C23H23FN4O4S. The van der Waals surface area contributed by atoms with Crippen LogP contribution in [0, 0.1) is 5.82 Å². The summed E-state index contributed by atoms with van der Waals surface area (Å²) in [6.07, 6.45) is -0.909. The molecule has 0 spiro atoms. The van der Waals surface area contributed by atoms with Gasteiger partial charge in [0, 0.05) is 18.1 Å². The Morgan fingerprint density at radius 1 is 1.18 bits per heavy atom. The van der Waals surface area contributed by atoms with Crippen molar-refractivity contribution >= 4 is 23.4 Å². The first-order valence-electron chi connectivity index (χ1n) is 10.4. The average Bonchev–Trinajstić information content (AvgIpc) is 2.94. The highest BCUT2D eigenvalue weighted by atomic mass is 32.2. The molecule has 1 aliphatic heterocycles. The van der Waals surface area contributed by atoms with Crippen molar-refractivity contribution in [2.45, 2.75) is 32.2 Å². The van der Waals surface area contributed by atoms with Gasteiger partial charge in [0.05, 0.1) is 19.4 Å². The van der Waals surface area contributed by atoms with Gasteiger partial charge in [-0.1, -0.05) is 18.7 Å². The number of fused-ring (bicyclic) bond motifs is 3. The van der Waals surface area contributed by atoms with E-state index in [0.29, 0.717) is 40.1 Å². The molecule has 3 aromatic rings. The topological polar surface area (TPSA) is 86.7 Å². The second-order valence-electron chi connectivity index (χ2n) is 7.05. The van der Waals surface area contributed by atoms with E-state index in [1.807, 2.05) is 13.8 Å². The van der Waals surface area contributed by atoms with Crippen LogP contribution in [0.15, 0.2) is 41.6 Å². The van der Waals surface area contributed by atoms with Gasteiger partial charge in [-0.05, 0) is 49.1 Å². The predicted molar refractivity (Wildman–Crippen MR) is 122 cm³/mol. The zero-order valence-electron chi connectivity index (χ0n) is 18.7. The maximum atomic E-state index is 14.2. The minimum absolute atomic E-state index is 0.161. The van der Waals surface area contributed by atoms with Crippen LogP contribution in [0.25, 0.3) is 11.3 Å². The van der Waals surface area contributed by atoms with Crippen LogP contribution in [-0.2, 0) is 4.79 Å². The average molecular weight is 471 g/mol. The summed E-state index contributed by atoms with van der Waals surface area (Å²) in [6, 6.07) is 9.41. The van der Waals surface area contributed by atoms with E-state index in [9.17, 15) is 9.18 Å². The van der Waals surface area contributed by atoms with Gasteiger partial charge < -0.3 is 14.2 Å². The molecule has 0 saturated carbocycles. The van der Waals surface area contributed by atoms with E-state index in [-0.39, 0.29) is 17.5 Å². The highest BCUT2D eigenvalue weighted by Crippen LogP contribution is 2.44. The molecule has 1 aliphatic rings. The maximum absolute atomic E-state index is 14.2. The van der Waals surface area contributed by atoms with E-state index in [0.717, 1.165) is 5.75 Å². The summed E-state index contributed by atoms with van der Waals surface area (Å²) in [4.78, 5) is 18.8. The zero-order chi connectivity index (χ0) is 23.5. The molecule has 0 aliphatic carbocycles. The Balaban J connectivity index is 1.93. The number of hydrogen-bond donors (Lipinski definition) is 0. The second-order valence-corrected chi connectivity index (χ2v) is 8.28. The van der Waals surface area contributed by atoms with E-state index in [1.165, 1.54) is 48.9 Å². The number of methoxy groups -OCH3 is 1. The molecule has 0 radical (unpaired) electrons. The maximum Gasteiger partial charge on any atom is 0.247 e. The SMILES string of the molecule is CCOc1ccc(C2Oc3nc(SCC)nnc3-c3cc(F)ccc3N2C(C)=O)cc1OC. The lowest BCUT2D eigenvalue weighted by atomic mass is 10.1. The van der Waals surface area contributed by atoms with Gasteiger partial charge >= 0.3 is 0 Å². The first kappa shape index (κ1) is 22.8. The molecule has 2 aromatic carbocycles. The van der Waals surface area contributed by atoms with Crippen LogP contribution in [0.2, 0.25) is 0 Å². The molecule has 2 heterocycles. The number of hydrogen-bond acceptors (Lipinski definition) is 8. The van der Waals surface area contributed by atoms with Gasteiger partial charge in [0.2, 0.25) is 23.2 Å². The quantitative estimate of drug-likeness (QED) is 0.482. The van der Waals surface area contributed by atoms with Crippen molar-refractivity contribution < 1.29 is 23.4 Å². The fourth-order valence-electron chi connectivity index (χ4n) is 3.60. The number of aromatic nitrogens is 3. The molecule has 1 unspecified atom stereocenters. The lowest BCUT2D eigenvalue weighted by molar-refractivity contribution is -0.118. The summed E-state index contributed by atoms with van der Waals surface area (Å²) < 4.78 is 31.6. The molecule has 0 bridgehead atoms. The first-order chi connectivity index (χ1) is 16.0. The molecule has 0 saturated heterocycles. The van der Waals surface area contributed by atoms with E-state index in [4.69, 9.17) is 14.2 Å². The molecule has 1 amide bonds. The van der Waals surface area contributed by atoms with Gasteiger partial charge in [-0.2, -0.15) is 4.98 Å². The lowest BCUT2D eigenvalue weighted by Gasteiger charge is -2.30. The summed E-state index contributed by atoms with van der Waals surface area (Å²) in [6.45, 7) is 5.74. The van der Waals surface area contributed by atoms with Crippen LogP contribution in [0.5, 0.6) is 17.4 Å². The van der Waals surface area contributed by atoms with E-state index in [1.54, 1.807) is 18.2 Å². The van der Waals surface area contributed by atoms with Crippen molar-refractivity contribution in [1.29, 1.82) is 0 Å². The Morgan fingerprint density at radius 2 is 2.00 bits per heavy atom. The summed E-state index contributed by atoms with van der Waals surface area (Å²) in [5.41, 5.74) is 1.69. The van der Waals surface area contributed by atoms with Gasteiger partial charge in [0.1, 0.15) is 5.82 Å². The third kappa shape index (κ3) is 4.43. The molecule has 1 aromatic heterocycles. The Kier molecular flexibility index (Phi) is 6.64. The molecule has 10 heteroatoms. The van der Waals surface area contributed by atoms with Crippen LogP contribution < -0.4 is 19.1 Å². The largest absolute Gasteiger partial charge is 0.493 e. The van der Waals surface area contributed by atoms with Gasteiger partial charge in [-0.3, -0.25) is 9.69 Å². The van der Waals surface area contributed by atoms with Crippen molar-refractivity contribution in [2.24, 2.45) is 0 Å². The number of nitrogens with zero attached hydrogens (tertiary/aromatic N) is 4. The molecule has 8 nitrogen and oxygen atoms in total. The minimum atomic E-state index is -0.909. The fourth-order valence-corrected chi connectivity index (χ4v) is 4.10.